The van der Waals surface area contributed by atoms with Gasteiger partial charge in [0, 0.05) is 32.8 Å². The Labute approximate surface area is 136 Å². The lowest BCUT2D eigenvalue weighted by molar-refractivity contribution is -0.141. The molecule has 0 spiro atoms. The Kier molecular flexibility index (Phi) is 4.10. The first-order valence-electron chi connectivity index (χ1n) is 7.64. The van der Waals surface area contributed by atoms with Gasteiger partial charge < -0.3 is 14.5 Å². The van der Waals surface area contributed by atoms with Gasteiger partial charge in [0.15, 0.2) is 5.69 Å². The fourth-order valence-electron chi connectivity index (χ4n) is 3.01. The number of imidazole rings is 2. The predicted octanol–water partition coefficient (Wildman–Crippen LogP) is 2.27. The highest BCUT2D eigenvalue weighted by Gasteiger charge is 2.36. The van der Waals surface area contributed by atoms with Gasteiger partial charge in [-0.2, -0.15) is 13.2 Å². The van der Waals surface area contributed by atoms with Crippen molar-refractivity contribution in [3.8, 4) is 0 Å². The molecule has 0 bridgehead atoms. The number of aryl methyl sites for hydroxylation is 2. The van der Waals surface area contributed by atoms with E-state index in [0.29, 0.717) is 43.3 Å². The van der Waals surface area contributed by atoms with Crippen LogP contribution in [0.25, 0.3) is 0 Å². The van der Waals surface area contributed by atoms with Gasteiger partial charge >= 0.3 is 6.18 Å². The number of hydrogen-bond acceptors (Lipinski definition) is 3. The number of nitrogens with one attached hydrogen (secondary N) is 1. The summed E-state index contributed by atoms with van der Waals surface area (Å²) in [6.45, 7) is 2.66. The maximum absolute atomic E-state index is 12.7. The Bertz CT molecular complexity index is 749. The van der Waals surface area contributed by atoms with E-state index < -0.39 is 11.9 Å². The summed E-state index contributed by atoms with van der Waals surface area (Å²) in [5, 5.41) is 0. The van der Waals surface area contributed by atoms with Crippen molar-refractivity contribution in [1.29, 1.82) is 0 Å². The number of carbonyl (C=O) groups excluding carboxylic acids is 1. The first-order valence-corrected chi connectivity index (χ1v) is 7.64. The maximum atomic E-state index is 12.7. The zero-order chi connectivity index (χ0) is 17.5. The summed E-state index contributed by atoms with van der Waals surface area (Å²) >= 11 is 0. The second-order valence-corrected chi connectivity index (χ2v) is 6.17. The lowest BCUT2D eigenvalue weighted by atomic mass is 9.99. The van der Waals surface area contributed by atoms with Crippen LogP contribution in [-0.2, 0) is 19.1 Å². The van der Waals surface area contributed by atoms with Crippen molar-refractivity contribution in [2.75, 3.05) is 13.6 Å². The molecule has 1 amide bonds. The zero-order valence-electron chi connectivity index (χ0n) is 13.4. The van der Waals surface area contributed by atoms with Crippen molar-refractivity contribution >= 4 is 5.91 Å². The number of H-pyrrole nitrogens is 1. The highest BCUT2D eigenvalue weighted by Crippen LogP contribution is 2.30. The van der Waals surface area contributed by atoms with Crippen LogP contribution in [0, 0.1) is 12.8 Å². The van der Waals surface area contributed by atoms with Crippen LogP contribution in [0.1, 0.15) is 34.3 Å². The molecule has 6 nitrogen and oxygen atoms in total. The van der Waals surface area contributed by atoms with Crippen LogP contribution in [0.5, 0.6) is 0 Å². The number of aromatic nitrogens is 4. The molecular formula is C15H18F3N5O. The number of carbonyl (C=O) groups is 1. The van der Waals surface area contributed by atoms with E-state index in [1.807, 2.05) is 0 Å². The fourth-order valence-corrected chi connectivity index (χ4v) is 3.01. The Morgan fingerprint density at radius 3 is 2.88 bits per heavy atom. The van der Waals surface area contributed by atoms with Crippen LogP contribution < -0.4 is 0 Å². The van der Waals surface area contributed by atoms with E-state index in [1.165, 1.54) is 6.20 Å². The third-order valence-electron chi connectivity index (χ3n) is 4.19. The van der Waals surface area contributed by atoms with Gasteiger partial charge in [0.1, 0.15) is 17.3 Å². The van der Waals surface area contributed by atoms with Gasteiger partial charge in [0.25, 0.3) is 5.91 Å². The van der Waals surface area contributed by atoms with E-state index in [0.717, 1.165) is 6.20 Å². The van der Waals surface area contributed by atoms with E-state index in [2.05, 4.69) is 15.0 Å². The van der Waals surface area contributed by atoms with E-state index in [1.54, 1.807) is 23.4 Å². The molecule has 1 aliphatic heterocycles. The third kappa shape index (κ3) is 3.29. The van der Waals surface area contributed by atoms with Gasteiger partial charge in [0.05, 0.1) is 6.20 Å². The number of halogens is 3. The molecule has 1 atom stereocenters. The first-order chi connectivity index (χ1) is 11.2. The summed E-state index contributed by atoms with van der Waals surface area (Å²) in [7, 11) is 1.68. The summed E-state index contributed by atoms with van der Waals surface area (Å²) < 4.78 is 39.8. The van der Waals surface area contributed by atoms with Crippen LogP contribution in [-0.4, -0.2) is 43.9 Å². The minimum Gasteiger partial charge on any atom is -0.340 e. The molecule has 0 aliphatic carbocycles. The Hall–Kier alpha value is -2.32. The van der Waals surface area contributed by atoms with Crippen molar-refractivity contribution in [2.45, 2.75) is 32.5 Å². The Morgan fingerprint density at radius 2 is 2.25 bits per heavy atom. The largest absolute Gasteiger partial charge is 0.434 e. The lowest BCUT2D eigenvalue weighted by Gasteiger charge is -2.27. The Balaban J connectivity index is 1.65. The van der Waals surface area contributed by atoms with Crippen molar-refractivity contribution in [1.82, 2.24) is 24.4 Å². The molecule has 130 valence electrons. The second kappa shape index (κ2) is 5.95. The minimum absolute atomic E-state index is 0.0887. The molecule has 3 heterocycles. The van der Waals surface area contributed by atoms with Crippen molar-refractivity contribution < 1.29 is 18.0 Å². The topological polar surface area (TPSA) is 66.8 Å². The quantitative estimate of drug-likeness (QED) is 0.931. The third-order valence-corrected chi connectivity index (χ3v) is 4.19. The average Bonchev–Trinajstić information content (AvgIpc) is 3.11. The number of fused-ring (bicyclic) bond motifs is 1. The molecule has 1 N–H and O–H groups in total. The van der Waals surface area contributed by atoms with Crippen molar-refractivity contribution in [3.05, 3.63) is 35.4 Å². The van der Waals surface area contributed by atoms with Gasteiger partial charge in [-0.1, -0.05) is 0 Å². The highest BCUT2D eigenvalue weighted by atomic mass is 19.4. The van der Waals surface area contributed by atoms with E-state index in [4.69, 9.17) is 0 Å². The van der Waals surface area contributed by atoms with Crippen LogP contribution >= 0.6 is 0 Å². The molecule has 1 aliphatic rings. The molecule has 0 saturated carbocycles. The van der Waals surface area contributed by atoms with Crippen molar-refractivity contribution in [2.24, 2.45) is 5.92 Å². The van der Waals surface area contributed by atoms with Crippen LogP contribution in [0.3, 0.4) is 0 Å². The van der Waals surface area contributed by atoms with Gasteiger partial charge in [-0.15, -0.1) is 0 Å². The summed E-state index contributed by atoms with van der Waals surface area (Å²) in [5.41, 5.74) is -0.441. The van der Waals surface area contributed by atoms with E-state index in [9.17, 15) is 18.0 Å². The van der Waals surface area contributed by atoms with Crippen LogP contribution in [0.4, 0.5) is 13.2 Å². The smallest absolute Gasteiger partial charge is 0.340 e. The van der Waals surface area contributed by atoms with Crippen molar-refractivity contribution in [3.63, 3.8) is 0 Å². The molecule has 24 heavy (non-hydrogen) atoms. The predicted molar refractivity (Wildman–Crippen MR) is 79.3 cm³/mol. The standard InChI is InChI=1S/C15H18F3N5O/c1-9-19-5-11(20-9)14(24)22(2)6-10-3-4-13-21-12(15(16,17)18)8-23(13)7-10/h5,8,10H,3-4,6-7H2,1-2H3,(H,19,20)/t10-/m1/s1. The molecular weight excluding hydrogens is 323 g/mol. The SMILES string of the molecule is Cc1ncc(C(=O)N(C)C[C@H]2CCc3nc(C(F)(F)F)cn3C2)[nH]1. The summed E-state index contributed by atoms with van der Waals surface area (Å²) in [5.74, 6) is 1.03. The number of aromatic amines is 1. The molecule has 0 saturated heterocycles. The number of hydrogen-bond donors (Lipinski definition) is 1. The maximum Gasteiger partial charge on any atom is 0.434 e. The second-order valence-electron chi connectivity index (χ2n) is 6.17. The average molecular weight is 341 g/mol. The van der Waals surface area contributed by atoms with Gasteiger partial charge in [-0.05, 0) is 19.3 Å². The van der Waals surface area contributed by atoms with Gasteiger partial charge in [-0.3, -0.25) is 4.79 Å². The molecule has 0 unspecified atom stereocenters. The molecule has 9 heteroatoms. The normalized spacial score (nSPS) is 17.6. The lowest BCUT2D eigenvalue weighted by Crippen LogP contribution is -2.35. The van der Waals surface area contributed by atoms with Gasteiger partial charge in [-0.25, -0.2) is 9.97 Å². The molecule has 0 aromatic carbocycles. The minimum atomic E-state index is -4.43. The number of nitrogens with zero attached hydrogens (tertiary/aromatic N) is 4. The Morgan fingerprint density at radius 1 is 1.50 bits per heavy atom. The number of amides is 1. The zero-order valence-corrected chi connectivity index (χ0v) is 13.4. The fraction of sp³-hybridized carbons (Fsp3) is 0.533. The highest BCUT2D eigenvalue weighted by molar-refractivity contribution is 5.91. The van der Waals surface area contributed by atoms with Crippen LogP contribution in [0.2, 0.25) is 0 Å². The molecule has 2 aromatic rings. The molecule has 2 aromatic heterocycles. The monoisotopic (exact) mass is 341 g/mol. The summed E-state index contributed by atoms with van der Waals surface area (Å²) in [4.78, 5) is 24.4. The molecule has 0 radical (unpaired) electrons. The van der Waals surface area contributed by atoms with E-state index in [-0.39, 0.29) is 11.8 Å². The molecule has 3 rings (SSSR count). The van der Waals surface area contributed by atoms with E-state index >= 15 is 0 Å². The van der Waals surface area contributed by atoms with Crippen LogP contribution in [0.15, 0.2) is 12.4 Å². The van der Waals surface area contributed by atoms with Gasteiger partial charge in [0.2, 0.25) is 0 Å². The summed E-state index contributed by atoms with van der Waals surface area (Å²) in [6, 6.07) is 0. The first kappa shape index (κ1) is 16.5. The number of rotatable bonds is 3. The summed E-state index contributed by atoms with van der Waals surface area (Å²) in [6.07, 6.45) is -0.703. The molecule has 0 fully saturated rings. The number of alkyl halides is 3.